The van der Waals surface area contributed by atoms with Gasteiger partial charge in [-0.05, 0) is 44.5 Å². The average Bonchev–Trinajstić information content (AvgIpc) is 3.71. The lowest BCUT2D eigenvalue weighted by atomic mass is 9.96. The van der Waals surface area contributed by atoms with Crippen LogP contribution < -0.4 is 20.7 Å². The zero-order valence-electron chi connectivity index (χ0n) is 34.0. The fourth-order valence-electron chi connectivity index (χ4n) is 9.48. The van der Waals surface area contributed by atoms with Crippen LogP contribution in [-0.4, -0.2) is 22.4 Å². The molecule has 0 radical (unpaired) electrons. The highest BCUT2D eigenvalue weighted by Crippen LogP contribution is 2.43. The number of nitrogens with zero attached hydrogens (tertiary/aromatic N) is 3. The first-order chi connectivity index (χ1) is 30.8. The molecule has 4 heteroatoms. The molecule has 11 rings (SSSR count). The fraction of sp³-hybridized carbons (Fsp3) is 0. The molecule has 0 unspecified atom stereocenters. The zero-order chi connectivity index (χ0) is 41.3. The summed E-state index contributed by atoms with van der Waals surface area (Å²) in [6, 6.07) is 89.7. The molecule has 3 heterocycles. The second-order valence-corrected chi connectivity index (χ2v) is 19.5. The summed E-state index contributed by atoms with van der Waals surface area (Å²) in [5.41, 5.74) is 11.4. The molecule has 0 saturated carbocycles. The van der Waals surface area contributed by atoms with Gasteiger partial charge < -0.3 is 4.40 Å². The van der Waals surface area contributed by atoms with Gasteiger partial charge in [-0.1, -0.05) is 231 Å². The highest BCUT2D eigenvalue weighted by molar-refractivity contribution is 7.19. The van der Waals surface area contributed by atoms with E-state index in [1.54, 1.807) is 0 Å². The van der Waals surface area contributed by atoms with E-state index in [1.165, 1.54) is 37.3 Å². The Balaban J connectivity index is 1.27. The monoisotopic (exact) mass is 807 g/mol. The third-order valence-corrected chi connectivity index (χ3v) is 16.9. The molecule has 0 aliphatic rings. The van der Waals surface area contributed by atoms with Gasteiger partial charge in [0.1, 0.15) is 0 Å². The molecule has 0 spiro atoms. The molecule has 0 aliphatic carbocycles. The minimum Gasteiger partial charge on any atom is -0.308 e. The maximum Gasteiger partial charge on any atom is 0.179 e. The van der Waals surface area contributed by atoms with Crippen LogP contribution in [0.1, 0.15) is 0 Å². The zero-order valence-corrected chi connectivity index (χ0v) is 35.0. The first kappa shape index (κ1) is 37.1. The topological polar surface area (TPSA) is 30.2 Å². The lowest BCUT2D eigenvalue weighted by Crippen LogP contribution is -2.74. The summed E-state index contributed by atoms with van der Waals surface area (Å²) >= 11 is 0. The maximum atomic E-state index is 5.66. The van der Waals surface area contributed by atoms with Crippen molar-refractivity contribution in [1.82, 2.24) is 14.4 Å². The summed E-state index contributed by atoms with van der Waals surface area (Å²) in [6.45, 7) is 0. The van der Waals surface area contributed by atoms with Crippen molar-refractivity contribution >= 4 is 45.2 Å². The van der Waals surface area contributed by atoms with E-state index >= 15 is 0 Å². The van der Waals surface area contributed by atoms with Crippen molar-refractivity contribution in [3.8, 4) is 56.3 Å². The Morgan fingerprint density at radius 1 is 0.306 bits per heavy atom. The largest absolute Gasteiger partial charge is 0.308 e. The van der Waals surface area contributed by atoms with Crippen LogP contribution >= 0.6 is 0 Å². The molecule has 0 fully saturated rings. The van der Waals surface area contributed by atoms with Crippen molar-refractivity contribution in [2.24, 2.45) is 0 Å². The molecule has 0 aliphatic heterocycles. The smallest absolute Gasteiger partial charge is 0.179 e. The summed E-state index contributed by atoms with van der Waals surface area (Å²) in [4.78, 5) is 11.2. The van der Waals surface area contributed by atoms with E-state index in [2.05, 4.69) is 247 Å². The SMILES string of the molecule is c1ccc(-c2nc(-c3ccccc3)c(-c3cccc4c(-c5ccccc5)c5ccccc5n34)c(-c3cccc([Si](c4ccccc4)(c4ccccc4)c4ccccc4)c3)n2)cc1. The van der Waals surface area contributed by atoms with Crippen LogP contribution in [0.2, 0.25) is 0 Å². The number of benzene rings is 8. The Labute approximate surface area is 363 Å². The van der Waals surface area contributed by atoms with Gasteiger partial charge in [-0.25, -0.2) is 9.97 Å². The van der Waals surface area contributed by atoms with Crippen molar-refractivity contribution in [1.29, 1.82) is 0 Å². The van der Waals surface area contributed by atoms with Crippen LogP contribution in [-0.2, 0) is 0 Å². The molecule has 62 heavy (non-hydrogen) atoms. The standard InChI is InChI=1S/C58H41N3Si/c1-7-23-42(24-8-1)54-50-37-19-20-38-51(50)61-52(54)39-22-40-53(61)55-56(43-25-9-2-10-26-43)59-58(44-27-11-3-12-28-44)60-57(55)45-29-21-36-49(41-45)62(46-30-13-4-14-31-46,47-32-15-5-16-33-47)48-34-17-6-18-35-48/h1-41H. The van der Waals surface area contributed by atoms with Gasteiger partial charge in [-0.2, -0.15) is 0 Å². The summed E-state index contributed by atoms with van der Waals surface area (Å²) in [5, 5.41) is 6.45. The first-order valence-electron chi connectivity index (χ1n) is 21.2. The number of aromatic nitrogens is 3. The Hall–Kier alpha value is -7.92. The number of pyridine rings is 1. The predicted molar refractivity (Wildman–Crippen MR) is 261 cm³/mol. The highest BCUT2D eigenvalue weighted by Gasteiger charge is 2.41. The number of rotatable bonds is 9. The molecule has 0 amide bonds. The van der Waals surface area contributed by atoms with Crippen LogP contribution in [0.15, 0.2) is 249 Å². The van der Waals surface area contributed by atoms with Crippen molar-refractivity contribution < 1.29 is 0 Å². The molecule has 0 saturated heterocycles. The van der Waals surface area contributed by atoms with Gasteiger partial charge in [0.25, 0.3) is 0 Å². The quantitative estimate of drug-likeness (QED) is 0.107. The average molecular weight is 808 g/mol. The van der Waals surface area contributed by atoms with E-state index in [9.17, 15) is 0 Å². The molecule has 11 aromatic rings. The van der Waals surface area contributed by atoms with E-state index in [0.29, 0.717) is 5.82 Å². The Morgan fingerprint density at radius 2 is 0.726 bits per heavy atom. The summed E-state index contributed by atoms with van der Waals surface area (Å²) in [6.07, 6.45) is 0. The lowest BCUT2D eigenvalue weighted by molar-refractivity contribution is 1.16. The van der Waals surface area contributed by atoms with E-state index in [0.717, 1.165) is 50.4 Å². The maximum absolute atomic E-state index is 5.66. The molecular formula is C58H41N3Si. The molecular weight excluding hydrogens is 767 g/mol. The Bertz CT molecular complexity index is 3220. The Kier molecular flexibility index (Phi) is 9.53. The number of hydrogen-bond acceptors (Lipinski definition) is 2. The van der Waals surface area contributed by atoms with E-state index < -0.39 is 8.07 Å². The molecule has 0 N–H and O–H groups in total. The van der Waals surface area contributed by atoms with Crippen molar-refractivity contribution in [3.05, 3.63) is 249 Å². The van der Waals surface area contributed by atoms with Gasteiger partial charge in [-0.15, -0.1) is 0 Å². The number of fused-ring (bicyclic) bond motifs is 3. The van der Waals surface area contributed by atoms with Gasteiger partial charge in [0, 0.05) is 27.6 Å². The van der Waals surface area contributed by atoms with Crippen LogP contribution in [0, 0.1) is 0 Å². The van der Waals surface area contributed by atoms with Gasteiger partial charge >= 0.3 is 0 Å². The van der Waals surface area contributed by atoms with Gasteiger partial charge in [0.2, 0.25) is 0 Å². The van der Waals surface area contributed by atoms with Crippen LogP contribution in [0.25, 0.3) is 72.7 Å². The third-order valence-electron chi connectivity index (χ3n) is 12.2. The molecule has 292 valence electrons. The van der Waals surface area contributed by atoms with E-state index in [-0.39, 0.29) is 0 Å². The molecule has 0 bridgehead atoms. The van der Waals surface area contributed by atoms with Crippen molar-refractivity contribution in [3.63, 3.8) is 0 Å². The fourth-order valence-corrected chi connectivity index (χ4v) is 14.3. The minimum absolute atomic E-state index is 0.681. The van der Waals surface area contributed by atoms with Crippen LogP contribution in [0.5, 0.6) is 0 Å². The predicted octanol–water partition coefficient (Wildman–Crippen LogP) is 11.6. The van der Waals surface area contributed by atoms with Crippen molar-refractivity contribution in [2.75, 3.05) is 0 Å². The van der Waals surface area contributed by atoms with Crippen LogP contribution in [0.4, 0.5) is 0 Å². The Morgan fingerprint density at radius 3 is 1.31 bits per heavy atom. The number of para-hydroxylation sites is 1. The van der Waals surface area contributed by atoms with Gasteiger partial charge in [0.05, 0.1) is 33.7 Å². The number of hydrogen-bond donors (Lipinski definition) is 0. The second-order valence-electron chi connectivity index (χ2n) is 15.7. The van der Waals surface area contributed by atoms with Gasteiger partial charge in [-0.3, -0.25) is 0 Å². The molecule has 0 atom stereocenters. The van der Waals surface area contributed by atoms with Crippen molar-refractivity contribution in [2.45, 2.75) is 0 Å². The highest BCUT2D eigenvalue weighted by atomic mass is 28.3. The normalized spacial score (nSPS) is 11.5. The molecule has 3 aromatic heterocycles. The summed E-state index contributed by atoms with van der Waals surface area (Å²) < 4.78 is 2.43. The van der Waals surface area contributed by atoms with E-state index in [1.807, 2.05) is 6.07 Å². The summed E-state index contributed by atoms with van der Waals surface area (Å²) in [5.74, 6) is 0.681. The van der Waals surface area contributed by atoms with Crippen LogP contribution in [0.3, 0.4) is 0 Å². The lowest BCUT2D eigenvalue weighted by Gasteiger charge is -2.34. The third kappa shape index (κ3) is 6.28. The van der Waals surface area contributed by atoms with E-state index in [4.69, 9.17) is 9.97 Å². The molecule has 8 aromatic carbocycles. The molecule has 3 nitrogen and oxygen atoms in total. The first-order valence-corrected chi connectivity index (χ1v) is 23.2. The van der Waals surface area contributed by atoms with Gasteiger partial charge in [0.15, 0.2) is 13.9 Å². The summed E-state index contributed by atoms with van der Waals surface area (Å²) in [7, 11) is -2.88. The minimum atomic E-state index is -2.88. The second kappa shape index (κ2) is 15.9.